The molecule has 0 saturated heterocycles. The molecule has 0 radical (unpaired) electrons. The number of hydrogen-bond acceptors (Lipinski definition) is 6. The Balaban J connectivity index is 1.88. The molecule has 0 bridgehead atoms. The van der Waals surface area contributed by atoms with Crippen LogP contribution in [0.4, 0.5) is 0 Å². The average molecular weight is 388 g/mol. The van der Waals surface area contributed by atoms with E-state index in [-0.39, 0.29) is 24.9 Å². The van der Waals surface area contributed by atoms with Gasteiger partial charge in [0.15, 0.2) is 11.5 Å². The zero-order valence-electron chi connectivity index (χ0n) is 16.3. The van der Waals surface area contributed by atoms with Crippen LogP contribution in [0.5, 0.6) is 23.0 Å². The first-order chi connectivity index (χ1) is 13.5. The molecule has 0 atom stereocenters. The maximum atomic E-state index is 12.3. The Morgan fingerprint density at radius 3 is 1.71 bits per heavy atom. The van der Waals surface area contributed by atoms with Gasteiger partial charge in [-0.1, -0.05) is 0 Å². The third kappa shape index (κ3) is 5.29. The molecule has 8 nitrogen and oxygen atoms in total. The molecular formula is C20H24N2O6. The summed E-state index contributed by atoms with van der Waals surface area (Å²) in [6.07, 6.45) is 0. The van der Waals surface area contributed by atoms with E-state index in [0.29, 0.717) is 34.1 Å². The minimum Gasteiger partial charge on any atom is -0.497 e. The van der Waals surface area contributed by atoms with E-state index >= 15 is 0 Å². The first-order valence-electron chi connectivity index (χ1n) is 8.53. The third-order valence-corrected chi connectivity index (χ3v) is 3.96. The number of benzene rings is 2. The van der Waals surface area contributed by atoms with Crippen molar-refractivity contribution in [1.82, 2.24) is 10.6 Å². The Labute approximate surface area is 163 Å². The minimum atomic E-state index is -0.294. The molecule has 0 aliphatic rings. The van der Waals surface area contributed by atoms with Gasteiger partial charge in [-0.25, -0.2) is 0 Å². The molecule has 0 saturated carbocycles. The van der Waals surface area contributed by atoms with E-state index in [2.05, 4.69) is 10.6 Å². The van der Waals surface area contributed by atoms with Gasteiger partial charge in [-0.15, -0.1) is 0 Å². The van der Waals surface area contributed by atoms with E-state index in [1.165, 1.54) is 28.4 Å². The zero-order chi connectivity index (χ0) is 20.5. The van der Waals surface area contributed by atoms with Crippen molar-refractivity contribution in [3.8, 4) is 23.0 Å². The molecule has 2 amide bonds. The number of amides is 2. The summed E-state index contributed by atoms with van der Waals surface area (Å²) in [4.78, 5) is 24.5. The smallest absolute Gasteiger partial charge is 0.251 e. The van der Waals surface area contributed by atoms with Gasteiger partial charge >= 0.3 is 0 Å². The first kappa shape index (κ1) is 20.9. The lowest BCUT2D eigenvalue weighted by Crippen LogP contribution is -2.34. The summed E-state index contributed by atoms with van der Waals surface area (Å²) in [5.41, 5.74) is 0.837. The summed E-state index contributed by atoms with van der Waals surface area (Å²) < 4.78 is 20.6. The molecule has 2 aromatic rings. The highest BCUT2D eigenvalue weighted by Crippen LogP contribution is 2.27. The third-order valence-electron chi connectivity index (χ3n) is 3.96. The van der Waals surface area contributed by atoms with E-state index < -0.39 is 0 Å². The van der Waals surface area contributed by atoms with E-state index in [9.17, 15) is 9.59 Å². The largest absolute Gasteiger partial charge is 0.497 e. The molecule has 0 heterocycles. The fourth-order valence-electron chi connectivity index (χ4n) is 2.47. The van der Waals surface area contributed by atoms with Crippen molar-refractivity contribution in [2.75, 3.05) is 41.5 Å². The standard InChI is InChI=1S/C20H24N2O6/c1-25-15-9-14(10-16(12-15)26-2)20(24)22-8-7-21-19(23)13-5-6-17(27-3)18(11-13)28-4/h5-6,9-12H,7-8H2,1-4H3,(H,21,23)(H,22,24). The monoisotopic (exact) mass is 388 g/mol. The van der Waals surface area contributed by atoms with Crippen LogP contribution in [0, 0.1) is 0 Å². The van der Waals surface area contributed by atoms with Crippen molar-refractivity contribution >= 4 is 11.8 Å². The molecule has 0 unspecified atom stereocenters. The second-order valence-corrected chi connectivity index (χ2v) is 5.68. The van der Waals surface area contributed by atoms with Gasteiger partial charge in [0.25, 0.3) is 11.8 Å². The van der Waals surface area contributed by atoms with E-state index in [0.717, 1.165) is 0 Å². The lowest BCUT2D eigenvalue weighted by atomic mass is 10.2. The van der Waals surface area contributed by atoms with E-state index in [1.54, 1.807) is 36.4 Å². The predicted octanol–water partition coefficient (Wildman–Crippen LogP) is 1.88. The maximum absolute atomic E-state index is 12.3. The van der Waals surface area contributed by atoms with Crippen molar-refractivity contribution in [3.05, 3.63) is 47.5 Å². The number of hydrogen-bond donors (Lipinski definition) is 2. The van der Waals surface area contributed by atoms with Gasteiger partial charge in [0, 0.05) is 30.3 Å². The van der Waals surface area contributed by atoms with Gasteiger partial charge in [-0.3, -0.25) is 9.59 Å². The van der Waals surface area contributed by atoms with Crippen molar-refractivity contribution < 1.29 is 28.5 Å². The Kier molecular flexibility index (Phi) is 7.50. The predicted molar refractivity (Wildman–Crippen MR) is 104 cm³/mol. The van der Waals surface area contributed by atoms with Crippen molar-refractivity contribution in [2.45, 2.75) is 0 Å². The van der Waals surface area contributed by atoms with Crippen LogP contribution in [0.25, 0.3) is 0 Å². The summed E-state index contributed by atoms with van der Waals surface area (Å²) in [6.45, 7) is 0.525. The molecule has 2 N–H and O–H groups in total. The summed E-state index contributed by atoms with van der Waals surface area (Å²) in [7, 11) is 6.06. The van der Waals surface area contributed by atoms with Gasteiger partial charge in [0.05, 0.1) is 28.4 Å². The number of nitrogens with one attached hydrogen (secondary N) is 2. The van der Waals surface area contributed by atoms with Crippen LogP contribution in [0.15, 0.2) is 36.4 Å². The molecule has 28 heavy (non-hydrogen) atoms. The van der Waals surface area contributed by atoms with Gasteiger partial charge in [0.2, 0.25) is 0 Å². The Hall–Kier alpha value is -3.42. The molecular weight excluding hydrogens is 364 g/mol. The Bertz CT molecular complexity index is 815. The molecule has 0 aliphatic carbocycles. The van der Waals surface area contributed by atoms with Crippen molar-refractivity contribution in [2.24, 2.45) is 0 Å². The zero-order valence-corrected chi connectivity index (χ0v) is 16.3. The van der Waals surface area contributed by atoms with Crippen LogP contribution in [0.3, 0.4) is 0 Å². The van der Waals surface area contributed by atoms with E-state index in [4.69, 9.17) is 18.9 Å². The summed E-state index contributed by atoms with van der Waals surface area (Å²) in [5.74, 6) is 1.48. The second kappa shape index (κ2) is 10.1. The molecule has 0 aliphatic heterocycles. The summed E-state index contributed by atoms with van der Waals surface area (Å²) in [5, 5.41) is 5.48. The highest BCUT2D eigenvalue weighted by Gasteiger charge is 2.12. The molecule has 150 valence electrons. The van der Waals surface area contributed by atoms with Crippen LogP contribution in [0.1, 0.15) is 20.7 Å². The van der Waals surface area contributed by atoms with Crippen molar-refractivity contribution in [3.63, 3.8) is 0 Å². The highest BCUT2D eigenvalue weighted by atomic mass is 16.5. The van der Waals surface area contributed by atoms with Crippen LogP contribution in [-0.4, -0.2) is 53.3 Å². The van der Waals surface area contributed by atoms with Crippen LogP contribution >= 0.6 is 0 Å². The van der Waals surface area contributed by atoms with Crippen LogP contribution < -0.4 is 29.6 Å². The SMILES string of the molecule is COc1cc(OC)cc(C(=O)NCCNC(=O)c2ccc(OC)c(OC)c2)c1. The number of rotatable bonds is 9. The Morgan fingerprint density at radius 1 is 0.679 bits per heavy atom. The second-order valence-electron chi connectivity index (χ2n) is 5.68. The quantitative estimate of drug-likeness (QED) is 0.637. The molecule has 0 spiro atoms. The number of ether oxygens (including phenoxy) is 4. The molecule has 0 aromatic heterocycles. The number of carbonyl (C=O) groups excluding carboxylic acids is 2. The first-order valence-corrected chi connectivity index (χ1v) is 8.53. The Morgan fingerprint density at radius 2 is 1.21 bits per heavy atom. The summed E-state index contributed by atoms with van der Waals surface area (Å²) >= 11 is 0. The minimum absolute atomic E-state index is 0.261. The lowest BCUT2D eigenvalue weighted by molar-refractivity contribution is 0.0927. The fourth-order valence-corrected chi connectivity index (χ4v) is 2.47. The van der Waals surface area contributed by atoms with Gasteiger partial charge in [-0.2, -0.15) is 0 Å². The normalized spacial score (nSPS) is 10.0. The molecule has 8 heteroatoms. The van der Waals surface area contributed by atoms with Gasteiger partial charge < -0.3 is 29.6 Å². The van der Waals surface area contributed by atoms with Crippen LogP contribution in [0.2, 0.25) is 0 Å². The fraction of sp³-hybridized carbons (Fsp3) is 0.300. The number of carbonyl (C=O) groups is 2. The summed E-state index contributed by atoms with van der Waals surface area (Å²) in [6, 6.07) is 9.79. The molecule has 0 fully saturated rings. The van der Waals surface area contributed by atoms with Gasteiger partial charge in [-0.05, 0) is 30.3 Å². The van der Waals surface area contributed by atoms with E-state index in [1.807, 2.05) is 0 Å². The topological polar surface area (TPSA) is 95.1 Å². The number of methoxy groups -OCH3 is 4. The molecule has 2 rings (SSSR count). The average Bonchev–Trinajstić information content (AvgIpc) is 2.75. The van der Waals surface area contributed by atoms with Gasteiger partial charge in [0.1, 0.15) is 11.5 Å². The maximum Gasteiger partial charge on any atom is 0.251 e. The lowest BCUT2D eigenvalue weighted by Gasteiger charge is -2.11. The molecule has 2 aromatic carbocycles. The highest BCUT2D eigenvalue weighted by molar-refractivity contribution is 5.96. The van der Waals surface area contributed by atoms with Crippen molar-refractivity contribution in [1.29, 1.82) is 0 Å². The van der Waals surface area contributed by atoms with Crippen LogP contribution in [-0.2, 0) is 0 Å².